The first-order chi connectivity index (χ1) is 28.0. The van der Waals surface area contributed by atoms with E-state index >= 15 is 0 Å². The number of hydrogen-bond acceptors (Lipinski definition) is 18. The fourth-order valence-corrected chi connectivity index (χ4v) is 9.03. The summed E-state index contributed by atoms with van der Waals surface area (Å²) >= 11 is 0. The number of esters is 1. The molecule has 3 rings (SSSR count). The molecule has 0 aromatic rings. The topological polar surface area (TPSA) is 226 Å². The van der Waals surface area contributed by atoms with E-state index in [-0.39, 0.29) is 50.7 Å². The quantitative estimate of drug-likeness (QED) is 0.0688. The Balaban J connectivity index is 2.18. The minimum atomic E-state index is -1.98. The number of oxime groups is 1. The lowest BCUT2D eigenvalue weighted by molar-refractivity contribution is -0.317. The highest BCUT2D eigenvalue weighted by Gasteiger charge is 2.53. The van der Waals surface area contributed by atoms with Crippen LogP contribution >= 0.6 is 0 Å². The molecule has 0 bridgehead atoms. The Hall–Kier alpha value is -1.62. The minimum absolute atomic E-state index is 0.0481. The molecule has 3 fully saturated rings. The summed E-state index contributed by atoms with van der Waals surface area (Å²) in [6.45, 7) is 17.2. The zero-order chi connectivity index (χ0) is 45.3. The van der Waals surface area contributed by atoms with Gasteiger partial charge in [-0.25, -0.2) is 0 Å². The SMILES string of the molecule is CC[C@H]1OC(=O)[C@H](C)[C@@H](O[C@@H]2C[C@](C)(OC)[C@H](O)[C@H](C)O2)[C@H](C)[C@@H](O[C@@H]2O[C@H](C)C[C@@H](N(C)C)[C@@H]2O)[C@](C)(O)C[C@@H](C)/C(=N/OCOCOCCOC)[C@H](C)[C@@H](O)[C@]1(C)O. The van der Waals surface area contributed by atoms with Crippen LogP contribution in [0.5, 0.6) is 0 Å². The summed E-state index contributed by atoms with van der Waals surface area (Å²) in [7, 11) is 6.76. The van der Waals surface area contributed by atoms with Crippen molar-refractivity contribution < 1.29 is 77.8 Å². The molecule has 0 aliphatic carbocycles. The number of cyclic esters (lactones) is 1. The van der Waals surface area contributed by atoms with E-state index in [0.29, 0.717) is 19.6 Å². The number of likely N-dealkylation sites (N-methyl/N-ethyl adjacent to an activating group) is 1. The Morgan fingerprint density at radius 1 is 0.867 bits per heavy atom. The van der Waals surface area contributed by atoms with Gasteiger partial charge in [0.2, 0.25) is 6.79 Å². The first kappa shape index (κ1) is 52.7. The molecule has 0 amide bonds. The molecule has 3 saturated heterocycles. The van der Waals surface area contributed by atoms with Crippen LogP contribution in [0, 0.1) is 23.7 Å². The van der Waals surface area contributed by atoms with Crippen LogP contribution in [0.15, 0.2) is 5.16 Å². The zero-order valence-electron chi connectivity index (χ0n) is 38.4. The summed E-state index contributed by atoms with van der Waals surface area (Å²) in [6.07, 6.45) is -9.64. The smallest absolute Gasteiger partial charge is 0.311 e. The van der Waals surface area contributed by atoms with Gasteiger partial charge in [-0.1, -0.05) is 32.9 Å². The summed E-state index contributed by atoms with van der Waals surface area (Å²) in [5.41, 5.74) is -4.56. The highest BCUT2D eigenvalue weighted by Crippen LogP contribution is 2.41. The number of methoxy groups -OCH3 is 2. The van der Waals surface area contributed by atoms with Crippen LogP contribution in [0.1, 0.15) is 94.9 Å². The highest BCUT2D eigenvalue weighted by atomic mass is 16.8. The fraction of sp³-hybridized carbons (Fsp3) is 0.952. The summed E-state index contributed by atoms with van der Waals surface area (Å²) in [6, 6.07) is -0.336. The number of hydrogen-bond donors (Lipinski definition) is 5. The molecule has 3 aliphatic rings. The van der Waals surface area contributed by atoms with E-state index in [4.69, 9.17) is 47.5 Å². The van der Waals surface area contributed by atoms with E-state index in [9.17, 15) is 30.3 Å². The van der Waals surface area contributed by atoms with Gasteiger partial charge in [-0.2, -0.15) is 0 Å². The Kier molecular flexibility index (Phi) is 20.1. The average Bonchev–Trinajstić information content (AvgIpc) is 3.18. The van der Waals surface area contributed by atoms with Crippen LogP contribution in [0.3, 0.4) is 0 Å². The Labute approximate surface area is 357 Å². The molecule has 5 N–H and O–H groups in total. The first-order valence-corrected chi connectivity index (χ1v) is 21.3. The van der Waals surface area contributed by atoms with Gasteiger partial charge in [0.25, 0.3) is 0 Å². The molecule has 0 saturated carbocycles. The number of carbonyl (C=O) groups is 1. The Morgan fingerprint density at radius 3 is 2.13 bits per heavy atom. The second kappa shape index (κ2) is 22.8. The van der Waals surface area contributed by atoms with Crippen LogP contribution < -0.4 is 0 Å². The second-order valence-corrected chi connectivity index (χ2v) is 18.1. The number of carbonyl (C=O) groups excluding carboxylic acids is 1. The van der Waals surface area contributed by atoms with Gasteiger partial charge in [-0.05, 0) is 74.9 Å². The largest absolute Gasteiger partial charge is 0.459 e. The fourth-order valence-electron chi connectivity index (χ4n) is 9.03. The van der Waals surface area contributed by atoms with Crippen molar-refractivity contribution in [2.24, 2.45) is 28.8 Å². The van der Waals surface area contributed by atoms with E-state index in [1.165, 1.54) is 14.0 Å². The maximum absolute atomic E-state index is 14.4. The van der Waals surface area contributed by atoms with E-state index in [2.05, 4.69) is 5.16 Å². The third kappa shape index (κ3) is 13.0. The Bertz CT molecular complexity index is 1340. The van der Waals surface area contributed by atoms with Gasteiger partial charge in [-0.3, -0.25) is 4.79 Å². The molecule has 0 aromatic carbocycles. The molecule has 0 spiro atoms. The summed E-state index contributed by atoms with van der Waals surface area (Å²) in [5.74, 6) is -4.22. The number of aliphatic hydroxyl groups is 5. The predicted molar refractivity (Wildman–Crippen MR) is 218 cm³/mol. The highest BCUT2D eigenvalue weighted by molar-refractivity contribution is 5.88. The van der Waals surface area contributed by atoms with Crippen LogP contribution in [0.2, 0.25) is 0 Å². The molecule has 0 radical (unpaired) electrons. The van der Waals surface area contributed by atoms with E-state index in [1.54, 1.807) is 62.5 Å². The van der Waals surface area contributed by atoms with Crippen molar-refractivity contribution in [1.82, 2.24) is 4.90 Å². The van der Waals surface area contributed by atoms with Crippen molar-refractivity contribution in [3.63, 3.8) is 0 Å². The van der Waals surface area contributed by atoms with E-state index in [1.807, 2.05) is 25.9 Å². The maximum Gasteiger partial charge on any atom is 0.311 e. The monoisotopic (exact) mass is 867 g/mol. The molecule has 0 unspecified atom stereocenters. The van der Waals surface area contributed by atoms with Crippen LogP contribution in [-0.2, 0) is 52.3 Å². The van der Waals surface area contributed by atoms with Crippen LogP contribution in [0.25, 0.3) is 0 Å². The maximum atomic E-state index is 14.4. The van der Waals surface area contributed by atoms with Crippen LogP contribution in [-0.4, -0.2) is 181 Å². The average molecular weight is 867 g/mol. The molecular weight excluding hydrogens is 788 g/mol. The third-order valence-electron chi connectivity index (χ3n) is 12.8. The summed E-state index contributed by atoms with van der Waals surface area (Å²) in [5, 5.41) is 63.7. The summed E-state index contributed by atoms with van der Waals surface area (Å²) in [4.78, 5) is 21.8. The van der Waals surface area contributed by atoms with Gasteiger partial charge in [0.05, 0.1) is 66.6 Å². The van der Waals surface area contributed by atoms with Gasteiger partial charge in [0, 0.05) is 44.4 Å². The molecule has 352 valence electrons. The van der Waals surface area contributed by atoms with Crippen LogP contribution in [0.4, 0.5) is 0 Å². The van der Waals surface area contributed by atoms with Crippen molar-refractivity contribution in [2.75, 3.05) is 55.1 Å². The van der Waals surface area contributed by atoms with E-state index < -0.39 is 102 Å². The molecule has 0 aromatic heterocycles. The van der Waals surface area contributed by atoms with Gasteiger partial charge in [0.15, 0.2) is 19.4 Å². The first-order valence-electron chi connectivity index (χ1n) is 21.3. The molecule has 3 aliphatic heterocycles. The normalized spacial score (nSPS) is 44.7. The lowest BCUT2D eigenvalue weighted by Crippen LogP contribution is -2.61. The van der Waals surface area contributed by atoms with Gasteiger partial charge >= 0.3 is 5.97 Å². The van der Waals surface area contributed by atoms with Crippen molar-refractivity contribution in [3.05, 3.63) is 0 Å². The number of rotatable bonds is 15. The van der Waals surface area contributed by atoms with Crippen molar-refractivity contribution >= 4 is 11.7 Å². The number of aliphatic hydroxyl groups excluding tert-OH is 3. The number of nitrogens with zero attached hydrogens (tertiary/aromatic N) is 2. The predicted octanol–water partition coefficient (Wildman–Crippen LogP) is 2.18. The van der Waals surface area contributed by atoms with Crippen molar-refractivity contribution in [1.29, 1.82) is 0 Å². The van der Waals surface area contributed by atoms with Crippen molar-refractivity contribution in [2.45, 2.75) is 179 Å². The zero-order valence-corrected chi connectivity index (χ0v) is 38.4. The minimum Gasteiger partial charge on any atom is -0.459 e. The second-order valence-electron chi connectivity index (χ2n) is 18.1. The third-order valence-corrected chi connectivity index (χ3v) is 12.8. The lowest BCUT2D eigenvalue weighted by atomic mass is 9.73. The molecule has 3 heterocycles. The standard InChI is InChI=1S/C42H78N2O16/c1-15-30-42(10,50)35(46)25(4)32(43-55-22-54-21-53-17-16-51-13)23(2)19-40(8,49)37(60-39-33(45)29(44(11)12)18-24(3)56-39)26(5)34(27(6)38(48)58-30)59-31-20-41(9,52-14)36(47)28(7)57-31/h23-31,33-37,39,45-47,49-50H,15-22H2,1-14H3/b43-32-/t23-,24-,25+,26+,27-,28+,29-,30-,31-,33+,34+,35-,36-,37-,39+,40-,41+,42-/m1/s1. The van der Waals surface area contributed by atoms with Gasteiger partial charge in [-0.15, -0.1) is 0 Å². The van der Waals surface area contributed by atoms with E-state index in [0.717, 1.165) is 0 Å². The lowest BCUT2D eigenvalue weighted by Gasteiger charge is -2.49. The molecule has 60 heavy (non-hydrogen) atoms. The Morgan fingerprint density at radius 2 is 1.53 bits per heavy atom. The van der Waals surface area contributed by atoms with Gasteiger partial charge in [0.1, 0.15) is 23.9 Å². The molecule has 18 nitrogen and oxygen atoms in total. The molecular formula is C42H78N2O16. The van der Waals surface area contributed by atoms with Crippen molar-refractivity contribution in [3.8, 4) is 0 Å². The molecule has 18 heteroatoms. The summed E-state index contributed by atoms with van der Waals surface area (Å²) < 4.78 is 53.4. The number of ether oxygens (including phenoxy) is 9. The molecule has 18 atom stereocenters. The van der Waals surface area contributed by atoms with Gasteiger partial charge < -0.3 is 77.9 Å².